The Morgan fingerprint density at radius 2 is 1.90 bits per heavy atom. The van der Waals surface area contributed by atoms with Crippen molar-refractivity contribution in [1.82, 2.24) is 20.2 Å². The van der Waals surface area contributed by atoms with Crippen molar-refractivity contribution in [2.75, 3.05) is 5.32 Å². The summed E-state index contributed by atoms with van der Waals surface area (Å²) >= 11 is 12.2. The van der Waals surface area contributed by atoms with Crippen LogP contribution in [0.5, 0.6) is 0 Å². The van der Waals surface area contributed by atoms with Crippen molar-refractivity contribution in [2.24, 2.45) is 0 Å². The van der Waals surface area contributed by atoms with Gasteiger partial charge < -0.3 is 5.32 Å². The maximum absolute atomic E-state index is 6.15. The van der Waals surface area contributed by atoms with Crippen LogP contribution in [-0.2, 0) is 0 Å². The van der Waals surface area contributed by atoms with Crippen LogP contribution in [0.25, 0.3) is 5.69 Å². The summed E-state index contributed by atoms with van der Waals surface area (Å²) in [7, 11) is 0. The minimum absolute atomic E-state index is 0.101. The molecule has 2 aromatic carbocycles. The van der Waals surface area contributed by atoms with E-state index in [-0.39, 0.29) is 6.04 Å². The van der Waals surface area contributed by atoms with E-state index in [2.05, 4.69) is 20.8 Å². The van der Waals surface area contributed by atoms with Gasteiger partial charge in [-0.3, -0.25) is 0 Å². The smallest absolute Gasteiger partial charge is 0.248 e. The second-order valence-electron chi connectivity index (χ2n) is 4.75. The molecule has 0 amide bonds. The Labute approximate surface area is 130 Å². The summed E-state index contributed by atoms with van der Waals surface area (Å²) in [6, 6.07) is 13.2. The first-order chi connectivity index (χ1) is 10.2. The minimum Gasteiger partial charge on any atom is -0.342 e. The van der Waals surface area contributed by atoms with Gasteiger partial charge in [-0.15, -0.1) is 0 Å². The molecule has 0 spiro atoms. The molecular weight excluding hydrogens is 309 g/mol. The lowest BCUT2D eigenvalue weighted by Crippen LogP contribution is -2.23. The van der Waals surface area contributed by atoms with Crippen LogP contribution in [0, 0.1) is 0 Å². The Bertz CT molecular complexity index is 830. The maximum atomic E-state index is 6.15. The van der Waals surface area contributed by atoms with Crippen LogP contribution in [0.1, 0.15) is 17.2 Å². The lowest BCUT2D eigenvalue weighted by molar-refractivity contribution is 0.749. The molecule has 2 heterocycles. The molecule has 1 aromatic heterocycles. The third-order valence-corrected chi connectivity index (χ3v) is 3.92. The van der Waals surface area contributed by atoms with Crippen molar-refractivity contribution in [2.45, 2.75) is 6.04 Å². The number of nitrogens with one attached hydrogen (secondary N) is 1. The van der Waals surface area contributed by atoms with Crippen molar-refractivity contribution in [1.29, 1.82) is 0 Å². The number of benzene rings is 2. The number of hydrogen-bond donors (Lipinski definition) is 1. The molecule has 4 rings (SSSR count). The third-order valence-electron chi connectivity index (χ3n) is 3.45. The molecule has 21 heavy (non-hydrogen) atoms. The van der Waals surface area contributed by atoms with E-state index in [1.807, 2.05) is 42.5 Å². The van der Waals surface area contributed by atoms with Crippen molar-refractivity contribution in [3.63, 3.8) is 0 Å². The molecule has 1 unspecified atom stereocenters. The Hall–Kier alpha value is -2.11. The van der Waals surface area contributed by atoms with E-state index in [9.17, 15) is 0 Å². The number of tetrazole rings is 1. The van der Waals surface area contributed by atoms with Crippen LogP contribution >= 0.6 is 23.2 Å². The second-order valence-corrected chi connectivity index (χ2v) is 5.62. The Kier molecular flexibility index (Phi) is 2.83. The van der Waals surface area contributed by atoms with Gasteiger partial charge in [0.15, 0.2) is 0 Å². The molecular formula is C14H9Cl2N5. The fraction of sp³-hybridized carbons (Fsp3) is 0.0714. The molecule has 0 bridgehead atoms. The molecule has 0 radical (unpaired) electrons. The predicted octanol–water partition coefficient (Wildman–Crippen LogP) is 3.48. The molecule has 1 aliphatic rings. The van der Waals surface area contributed by atoms with Crippen LogP contribution in [0.15, 0.2) is 42.5 Å². The van der Waals surface area contributed by atoms with Crippen LogP contribution in [0.2, 0.25) is 10.0 Å². The molecule has 5 nitrogen and oxygen atoms in total. The monoisotopic (exact) mass is 317 g/mol. The topological polar surface area (TPSA) is 55.6 Å². The van der Waals surface area contributed by atoms with Gasteiger partial charge in [0, 0.05) is 15.6 Å². The van der Waals surface area contributed by atoms with Crippen LogP contribution in [0.4, 0.5) is 5.95 Å². The number of nitrogens with zero attached hydrogens (tertiary/aromatic N) is 4. The van der Waals surface area contributed by atoms with E-state index in [1.165, 1.54) is 0 Å². The Morgan fingerprint density at radius 1 is 1.05 bits per heavy atom. The van der Waals surface area contributed by atoms with E-state index in [1.54, 1.807) is 4.68 Å². The fourth-order valence-corrected chi connectivity index (χ4v) is 2.92. The molecule has 0 saturated carbocycles. The highest BCUT2D eigenvalue weighted by Crippen LogP contribution is 2.37. The van der Waals surface area contributed by atoms with Gasteiger partial charge in [0.05, 0.1) is 11.7 Å². The molecule has 1 aliphatic heterocycles. The first kappa shape index (κ1) is 12.6. The average molecular weight is 318 g/mol. The highest BCUT2D eigenvalue weighted by Gasteiger charge is 2.27. The lowest BCUT2D eigenvalue weighted by atomic mass is 9.96. The molecule has 1 N–H and O–H groups in total. The van der Waals surface area contributed by atoms with Gasteiger partial charge in [0.25, 0.3) is 0 Å². The SMILES string of the molecule is Clc1cccc(C2Nc3nnnn3-c3ccc(Cl)cc32)c1. The maximum Gasteiger partial charge on any atom is 0.248 e. The molecule has 0 saturated heterocycles. The van der Waals surface area contributed by atoms with E-state index in [0.29, 0.717) is 16.0 Å². The first-order valence-corrected chi connectivity index (χ1v) is 7.08. The van der Waals surface area contributed by atoms with Gasteiger partial charge >= 0.3 is 0 Å². The number of halogens is 2. The zero-order valence-corrected chi connectivity index (χ0v) is 12.2. The van der Waals surface area contributed by atoms with Crippen LogP contribution in [-0.4, -0.2) is 20.2 Å². The summed E-state index contributed by atoms with van der Waals surface area (Å²) < 4.78 is 1.66. The summed E-state index contributed by atoms with van der Waals surface area (Å²) in [4.78, 5) is 0. The zero-order chi connectivity index (χ0) is 14.4. The molecule has 1 atom stereocenters. The van der Waals surface area contributed by atoms with Gasteiger partial charge in [-0.05, 0) is 46.3 Å². The standard InChI is InChI=1S/C14H9Cl2N5/c15-9-3-1-2-8(6-9)13-11-7-10(16)4-5-12(11)21-14(17-13)18-19-20-21/h1-7,13H,(H,17,18,20). The normalized spacial score (nSPS) is 16.0. The Balaban J connectivity index is 1.93. The highest BCUT2D eigenvalue weighted by atomic mass is 35.5. The second kappa shape index (κ2) is 4.72. The predicted molar refractivity (Wildman–Crippen MR) is 81.1 cm³/mol. The van der Waals surface area contributed by atoms with Crippen molar-refractivity contribution >= 4 is 29.2 Å². The number of aromatic nitrogens is 4. The summed E-state index contributed by atoms with van der Waals surface area (Å²) in [5.41, 5.74) is 2.94. The van der Waals surface area contributed by atoms with E-state index >= 15 is 0 Å². The van der Waals surface area contributed by atoms with Gasteiger partial charge in [-0.1, -0.05) is 40.4 Å². The number of hydrogen-bond acceptors (Lipinski definition) is 4. The summed E-state index contributed by atoms with van der Waals surface area (Å²) in [5.74, 6) is 0.592. The lowest BCUT2D eigenvalue weighted by Gasteiger charge is -2.27. The van der Waals surface area contributed by atoms with Crippen molar-refractivity contribution in [3.8, 4) is 5.69 Å². The van der Waals surface area contributed by atoms with E-state index in [0.717, 1.165) is 16.8 Å². The summed E-state index contributed by atoms with van der Waals surface area (Å²) in [5, 5.41) is 16.4. The summed E-state index contributed by atoms with van der Waals surface area (Å²) in [6.45, 7) is 0. The third kappa shape index (κ3) is 2.05. The van der Waals surface area contributed by atoms with Gasteiger partial charge in [-0.25, -0.2) is 0 Å². The first-order valence-electron chi connectivity index (χ1n) is 6.32. The van der Waals surface area contributed by atoms with Crippen molar-refractivity contribution in [3.05, 3.63) is 63.6 Å². The number of anilines is 1. The minimum atomic E-state index is -0.101. The van der Waals surface area contributed by atoms with Crippen LogP contribution < -0.4 is 5.32 Å². The van der Waals surface area contributed by atoms with E-state index < -0.39 is 0 Å². The molecule has 0 aliphatic carbocycles. The van der Waals surface area contributed by atoms with Crippen LogP contribution in [0.3, 0.4) is 0 Å². The van der Waals surface area contributed by atoms with Crippen molar-refractivity contribution < 1.29 is 0 Å². The molecule has 7 heteroatoms. The Morgan fingerprint density at radius 3 is 2.76 bits per heavy atom. The van der Waals surface area contributed by atoms with E-state index in [4.69, 9.17) is 23.2 Å². The largest absolute Gasteiger partial charge is 0.342 e. The zero-order valence-electron chi connectivity index (χ0n) is 10.7. The molecule has 104 valence electrons. The number of fused-ring (bicyclic) bond motifs is 3. The van der Waals surface area contributed by atoms with Gasteiger partial charge in [0.2, 0.25) is 5.95 Å². The quantitative estimate of drug-likeness (QED) is 0.746. The van der Waals surface area contributed by atoms with Gasteiger partial charge in [0.1, 0.15) is 0 Å². The van der Waals surface area contributed by atoms with Gasteiger partial charge in [-0.2, -0.15) is 4.68 Å². The average Bonchev–Trinajstić information content (AvgIpc) is 2.94. The fourth-order valence-electron chi connectivity index (χ4n) is 2.54. The summed E-state index contributed by atoms with van der Waals surface area (Å²) in [6.07, 6.45) is 0. The molecule has 0 fully saturated rings. The highest BCUT2D eigenvalue weighted by molar-refractivity contribution is 6.31. The number of rotatable bonds is 1. The molecule has 3 aromatic rings.